The molecule has 2 aromatic carbocycles. The van der Waals surface area contributed by atoms with Crippen LogP contribution in [0.2, 0.25) is 0 Å². The van der Waals surface area contributed by atoms with Crippen molar-refractivity contribution in [3.63, 3.8) is 0 Å². The number of amides is 1. The molecule has 1 fully saturated rings. The Kier molecular flexibility index (Phi) is 7.31. The van der Waals surface area contributed by atoms with Gasteiger partial charge in [0.2, 0.25) is 0 Å². The van der Waals surface area contributed by atoms with Gasteiger partial charge in [-0.1, -0.05) is 12.1 Å². The summed E-state index contributed by atoms with van der Waals surface area (Å²) < 4.78 is 24.3. The Morgan fingerprint density at radius 2 is 1.93 bits per heavy atom. The lowest BCUT2D eigenvalue weighted by molar-refractivity contribution is 0.0526. The number of carbonyl (C=O) groups excluding carboxylic acids is 2. The number of esters is 1. The van der Waals surface area contributed by atoms with E-state index in [1.807, 2.05) is 0 Å². The molecule has 0 saturated carbocycles. The summed E-state index contributed by atoms with van der Waals surface area (Å²) in [7, 11) is 0. The molecular weight excluding hydrogens is 409 g/mol. The Labute approximate surface area is 179 Å². The topological polar surface area (TPSA) is 79.9 Å². The predicted molar refractivity (Wildman–Crippen MR) is 116 cm³/mol. The molecule has 1 aliphatic heterocycles. The van der Waals surface area contributed by atoms with E-state index in [1.54, 1.807) is 31.2 Å². The lowest BCUT2D eigenvalue weighted by atomic mass is 10.1. The van der Waals surface area contributed by atoms with Crippen LogP contribution in [0.1, 0.15) is 27.6 Å². The van der Waals surface area contributed by atoms with Crippen LogP contribution in [0, 0.1) is 5.82 Å². The molecule has 1 heterocycles. The van der Waals surface area contributed by atoms with Crippen LogP contribution in [0.5, 0.6) is 0 Å². The molecule has 0 aromatic heterocycles. The average Bonchev–Trinajstić information content (AvgIpc) is 2.74. The van der Waals surface area contributed by atoms with E-state index in [4.69, 9.17) is 21.7 Å². The summed E-state index contributed by atoms with van der Waals surface area (Å²) in [6, 6.07) is 10.7. The second-order valence-electron chi connectivity index (χ2n) is 6.44. The molecule has 158 valence electrons. The van der Waals surface area contributed by atoms with Gasteiger partial charge in [-0.25, -0.2) is 9.18 Å². The first kappa shape index (κ1) is 21.7. The molecular formula is C21H22FN3O4S. The van der Waals surface area contributed by atoms with Gasteiger partial charge in [-0.15, -0.1) is 0 Å². The van der Waals surface area contributed by atoms with Crippen molar-refractivity contribution in [2.75, 3.05) is 43.1 Å². The quantitative estimate of drug-likeness (QED) is 0.557. The molecule has 0 radical (unpaired) electrons. The molecule has 7 nitrogen and oxygen atoms in total. The summed E-state index contributed by atoms with van der Waals surface area (Å²) in [5.41, 5.74) is 1.56. The Balaban J connectivity index is 1.81. The van der Waals surface area contributed by atoms with Gasteiger partial charge in [-0.05, 0) is 49.5 Å². The zero-order valence-electron chi connectivity index (χ0n) is 16.4. The zero-order valence-corrected chi connectivity index (χ0v) is 17.3. The maximum absolute atomic E-state index is 13.8. The number of hydrogen-bond donors (Lipinski definition) is 2. The van der Waals surface area contributed by atoms with Crippen LogP contribution in [0.15, 0.2) is 42.5 Å². The predicted octanol–water partition coefficient (Wildman–Crippen LogP) is 2.97. The van der Waals surface area contributed by atoms with E-state index in [0.717, 1.165) is 5.69 Å². The fourth-order valence-corrected chi connectivity index (χ4v) is 3.23. The number of halogens is 1. The SMILES string of the molecule is CCOC(=O)c1ccc(N2CCOCC2)c(NC(=S)NC(=O)c2ccccc2F)c1. The Morgan fingerprint density at radius 3 is 2.63 bits per heavy atom. The first-order valence-corrected chi connectivity index (χ1v) is 9.91. The standard InChI is InChI=1S/C21H22FN3O4S/c1-2-29-20(27)14-7-8-18(25-9-11-28-12-10-25)17(13-14)23-21(30)24-19(26)15-5-3-4-6-16(15)22/h3-8,13H,2,9-12H2,1H3,(H2,23,24,26,30). The van der Waals surface area contributed by atoms with Crippen LogP contribution in [0.4, 0.5) is 15.8 Å². The number of benzene rings is 2. The maximum atomic E-state index is 13.8. The maximum Gasteiger partial charge on any atom is 0.338 e. The molecule has 1 saturated heterocycles. The Bertz CT molecular complexity index is 948. The van der Waals surface area contributed by atoms with Crippen molar-refractivity contribution < 1.29 is 23.5 Å². The molecule has 0 aliphatic carbocycles. The van der Waals surface area contributed by atoms with Gasteiger partial charge in [0.05, 0.1) is 42.3 Å². The van der Waals surface area contributed by atoms with Gasteiger partial charge < -0.3 is 19.7 Å². The van der Waals surface area contributed by atoms with Crippen LogP contribution in [-0.2, 0) is 9.47 Å². The number of morpholine rings is 1. The van der Waals surface area contributed by atoms with Gasteiger partial charge in [0, 0.05) is 13.1 Å². The van der Waals surface area contributed by atoms with E-state index >= 15 is 0 Å². The number of carbonyl (C=O) groups is 2. The number of ether oxygens (including phenoxy) is 2. The third-order valence-corrected chi connectivity index (χ3v) is 4.66. The molecule has 9 heteroatoms. The van der Waals surface area contributed by atoms with Crippen molar-refractivity contribution in [1.29, 1.82) is 0 Å². The van der Waals surface area contributed by atoms with E-state index in [-0.39, 0.29) is 17.3 Å². The third kappa shape index (κ3) is 5.31. The largest absolute Gasteiger partial charge is 0.462 e. The van der Waals surface area contributed by atoms with Gasteiger partial charge in [0.15, 0.2) is 5.11 Å². The van der Waals surface area contributed by atoms with Gasteiger partial charge in [-0.3, -0.25) is 10.1 Å². The van der Waals surface area contributed by atoms with Crippen molar-refractivity contribution in [3.05, 3.63) is 59.4 Å². The molecule has 0 bridgehead atoms. The highest BCUT2D eigenvalue weighted by molar-refractivity contribution is 7.80. The first-order chi connectivity index (χ1) is 14.5. The van der Waals surface area contributed by atoms with Gasteiger partial charge in [-0.2, -0.15) is 0 Å². The second kappa shape index (κ2) is 10.1. The monoisotopic (exact) mass is 431 g/mol. The molecule has 0 unspecified atom stereocenters. The minimum absolute atomic E-state index is 0.0150. The highest BCUT2D eigenvalue weighted by Gasteiger charge is 2.19. The number of thiocarbonyl (C=S) groups is 1. The summed E-state index contributed by atoms with van der Waals surface area (Å²) in [6.07, 6.45) is 0. The molecule has 1 aliphatic rings. The zero-order chi connectivity index (χ0) is 21.5. The lowest BCUT2D eigenvalue weighted by Crippen LogP contribution is -2.38. The van der Waals surface area contributed by atoms with Crippen LogP contribution in [0.25, 0.3) is 0 Å². The summed E-state index contributed by atoms with van der Waals surface area (Å²) in [4.78, 5) is 26.6. The number of hydrogen-bond acceptors (Lipinski definition) is 6. The highest BCUT2D eigenvalue weighted by Crippen LogP contribution is 2.28. The summed E-state index contributed by atoms with van der Waals surface area (Å²) >= 11 is 5.25. The lowest BCUT2D eigenvalue weighted by Gasteiger charge is -2.31. The third-order valence-electron chi connectivity index (χ3n) is 4.45. The average molecular weight is 431 g/mol. The molecule has 3 rings (SSSR count). The van der Waals surface area contributed by atoms with E-state index in [1.165, 1.54) is 18.2 Å². The number of nitrogens with one attached hydrogen (secondary N) is 2. The molecule has 2 aromatic rings. The Morgan fingerprint density at radius 1 is 1.20 bits per heavy atom. The smallest absolute Gasteiger partial charge is 0.338 e. The summed E-state index contributed by atoms with van der Waals surface area (Å²) in [5.74, 6) is -1.77. The summed E-state index contributed by atoms with van der Waals surface area (Å²) in [6.45, 7) is 4.47. The number of rotatable bonds is 5. The van der Waals surface area contributed by atoms with Crippen LogP contribution in [0.3, 0.4) is 0 Å². The van der Waals surface area contributed by atoms with Crippen molar-refractivity contribution in [2.24, 2.45) is 0 Å². The molecule has 0 spiro atoms. The molecule has 0 atom stereocenters. The first-order valence-electron chi connectivity index (χ1n) is 9.50. The van der Waals surface area contributed by atoms with Gasteiger partial charge >= 0.3 is 5.97 Å². The van der Waals surface area contributed by atoms with Gasteiger partial charge in [0.1, 0.15) is 5.82 Å². The van der Waals surface area contributed by atoms with Crippen molar-refractivity contribution >= 4 is 40.6 Å². The number of nitrogens with zero attached hydrogens (tertiary/aromatic N) is 1. The van der Waals surface area contributed by atoms with Crippen LogP contribution < -0.4 is 15.5 Å². The molecule has 30 heavy (non-hydrogen) atoms. The minimum atomic E-state index is -0.667. The molecule has 2 N–H and O–H groups in total. The van der Waals surface area contributed by atoms with Crippen molar-refractivity contribution in [3.8, 4) is 0 Å². The fourth-order valence-electron chi connectivity index (χ4n) is 3.03. The minimum Gasteiger partial charge on any atom is -0.462 e. The van der Waals surface area contributed by atoms with Crippen molar-refractivity contribution in [2.45, 2.75) is 6.92 Å². The van der Waals surface area contributed by atoms with E-state index in [0.29, 0.717) is 37.6 Å². The van der Waals surface area contributed by atoms with E-state index in [2.05, 4.69) is 15.5 Å². The normalized spacial score (nSPS) is 13.5. The van der Waals surface area contributed by atoms with E-state index in [9.17, 15) is 14.0 Å². The highest BCUT2D eigenvalue weighted by atomic mass is 32.1. The second-order valence-corrected chi connectivity index (χ2v) is 6.85. The molecule has 1 amide bonds. The van der Waals surface area contributed by atoms with Crippen LogP contribution in [-0.4, -0.2) is 49.9 Å². The summed E-state index contributed by atoms with van der Waals surface area (Å²) in [5, 5.41) is 5.41. The van der Waals surface area contributed by atoms with Gasteiger partial charge in [0.25, 0.3) is 5.91 Å². The van der Waals surface area contributed by atoms with Crippen LogP contribution >= 0.6 is 12.2 Å². The van der Waals surface area contributed by atoms with E-state index < -0.39 is 17.7 Å². The Hall–Kier alpha value is -3.04. The number of anilines is 2. The van der Waals surface area contributed by atoms with Crippen molar-refractivity contribution in [1.82, 2.24) is 5.32 Å². The fraction of sp³-hybridized carbons (Fsp3) is 0.286.